The minimum Gasteiger partial charge on any atom is -0.310 e. The van der Waals surface area contributed by atoms with Crippen molar-refractivity contribution in [2.45, 2.75) is 77.7 Å². The Kier molecular flexibility index (Phi) is 5.75. The predicted octanol–water partition coefficient (Wildman–Crippen LogP) is 4.68. The molecule has 104 valence electrons. The van der Waals surface area contributed by atoms with Crippen LogP contribution in [0.3, 0.4) is 0 Å². The lowest BCUT2D eigenvalue weighted by Gasteiger charge is -2.30. The molecule has 0 saturated heterocycles. The number of hydrogen-bond donors (Lipinski definition) is 1. The van der Waals surface area contributed by atoms with Crippen LogP contribution in [0.2, 0.25) is 0 Å². The molecule has 2 aliphatic rings. The molecule has 0 spiro atoms. The molecule has 0 aliphatic heterocycles. The Bertz CT molecular complexity index is 269. The van der Waals surface area contributed by atoms with Crippen LogP contribution in [0.15, 0.2) is 11.6 Å². The summed E-state index contributed by atoms with van der Waals surface area (Å²) in [6.07, 6.45) is 15.1. The van der Waals surface area contributed by atoms with Crippen LogP contribution in [0, 0.1) is 11.8 Å². The van der Waals surface area contributed by atoms with Gasteiger partial charge in [-0.25, -0.2) is 0 Å². The Morgan fingerprint density at radius 2 is 2.11 bits per heavy atom. The van der Waals surface area contributed by atoms with Gasteiger partial charge in [-0.2, -0.15) is 0 Å². The average molecular weight is 249 g/mol. The van der Waals surface area contributed by atoms with Crippen molar-refractivity contribution < 1.29 is 0 Å². The second kappa shape index (κ2) is 7.33. The van der Waals surface area contributed by atoms with Gasteiger partial charge in [-0.15, -0.1) is 0 Å². The van der Waals surface area contributed by atoms with Gasteiger partial charge in [0.25, 0.3) is 0 Å². The lowest BCUT2D eigenvalue weighted by molar-refractivity contribution is 0.322. The summed E-state index contributed by atoms with van der Waals surface area (Å²) in [6, 6.07) is 0.695. The highest BCUT2D eigenvalue weighted by Gasteiger charge is 2.32. The monoisotopic (exact) mass is 249 g/mol. The Labute approximate surface area is 113 Å². The maximum atomic E-state index is 3.87. The van der Waals surface area contributed by atoms with Gasteiger partial charge in [0.15, 0.2) is 0 Å². The standard InChI is InChI=1S/C17H31N/c1-3-13-18-17(16-12-8-9-14(16)2)15-10-6-4-5-7-11-15/h10,14,16-18H,3-9,11-13H2,1-2H3. The van der Waals surface area contributed by atoms with E-state index in [0.717, 1.165) is 11.8 Å². The molecule has 0 aromatic heterocycles. The zero-order valence-corrected chi connectivity index (χ0v) is 12.4. The fraction of sp³-hybridized carbons (Fsp3) is 0.882. The summed E-state index contributed by atoms with van der Waals surface area (Å²) in [5.41, 5.74) is 1.75. The van der Waals surface area contributed by atoms with Crippen molar-refractivity contribution >= 4 is 0 Å². The first-order valence-corrected chi connectivity index (χ1v) is 8.25. The summed E-state index contributed by atoms with van der Waals surface area (Å²) in [4.78, 5) is 0. The van der Waals surface area contributed by atoms with E-state index >= 15 is 0 Å². The fourth-order valence-corrected chi connectivity index (χ4v) is 3.85. The van der Waals surface area contributed by atoms with Gasteiger partial charge in [-0.1, -0.05) is 44.8 Å². The third-order valence-electron chi connectivity index (χ3n) is 4.95. The van der Waals surface area contributed by atoms with Crippen molar-refractivity contribution in [2.75, 3.05) is 6.54 Å². The van der Waals surface area contributed by atoms with Crippen molar-refractivity contribution in [3.63, 3.8) is 0 Å². The van der Waals surface area contributed by atoms with Crippen molar-refractivity contribution in [3.05, 3.63) is 11.6 Å². The number of rotatable bonds is 5. The molecule has 2 aliphatic carbocycles. The van der Waals surface area contributed by atoms with Crippen LogP contribution in [-0.4, -0.2) is 12.6 Å². The molecule has 0 bridgehead atoms. The molecule has 18 heavy (non-hydrogen) atoms. The molecule has 1 N–H and O–H groups in total. The number of allylic oxidation sites excluding steroid dienone is 1. The lowest BCUT2D eigenvalue weighted by Crippen LogP contribution is -2.39. The van der Waals surface area contributed by atoms with Gasteiger partial charge in [0.05, 0.1) is 0 Å². The summed E-state index contributed by atoms with van der Waals surface area (Å²) in [5.74, 6) is 1.82. The van der Waals surface area contributed by atoms with Gasteiger partial charge in [0, 0.05) is 6.04 Å². The molecule has 1 fully saturated rings. The molecule has 0 aromatic rings. The maximum absolute atomic E-state index is 3.87. The maximum Gasteiger partial charge on any atom is 0.0310 e. The zero-order chi connectivity index (χ0) is 12.8. The molecule has 2 rings (SSSR count). The first-order valence-electron chi connectivity index (χ1n) is 8.25. The Morgan fingerprint density at radius 3 is 2.83 bits per heavy atom. The van der Waals surface area contributed by atoms with Crippen molar-refractivity contribution in [2.24, 2.45) is 11.8 Å². The molecule has 1 saturated carbocycles. The topological polar surface area (TPSA) is 12.0 Å². The van der Waals surface area contributed by atoms with E-state index < -0.39 is 0 Å². The van der Waals surface area contributed by atoms with Crippen molar-refractivity contribution in [1.82, 2.24) is 5.32 Å². The van der Waals surface area contributed by atoms with E-state index in [1.165, 1.54) is 64.3 Å². The van der Waals surface area contributed by atoms with E-state index in [0.29, 0.717) is 6.04 Å². The summed E-state index contributed by atoms with van der Waals surface area (Å²) in [7, 11) is 0. The molecule has 0 amide bonds. The third-order valence-corrected chi connectivity index (χ3v) is 4.95. The van der Waals surface area contributed by atoms with Crippen LogP contribution < -0.4 is 5.32 Å². The highest BCUT2D eigenvalue weighted by molar-refractivity contribution is 5.15. The number of nitrogens with one attached hydrogen (secondary N) is 1. The molecule has 1 nitrogen and oxygen atoms in total. The van der Waals surface area contributed by atoms with Crippen molar-refractivity contribution in [1.29, 1.82) is 0 Å². The molecule has 3 unspecified atom stereocenters. The minimum atomic E-state index is 0.695. The lowest BCUT2D eigenvalue weighted by atomic mass is 9.84. The zero-order valence-electron chi connectivity index (χ0n) is 12.4. The number of hydrogen-bond acceptors (Lipinski definition) is 1. The molecular formula is C17H31N. The summed E-state index contributed by atoms with van der Waals surface area (Å²) < 4.78 is 0. The van der Waals surface area contributed by atoms with Crippen molar-refractivity contribution in [3.8, 4) is 0 Å². The Morgan fingerprint density at radius 1 is 1.22 bits per heavy atom. The van der Waals surface area contributed by atoms with E-state index in [4.69, 9.17) is 0 Å². The van der Waals surface area contributed by atoms with E-state index in [1.807, 2.05) is 0 Å². The second-order valence-corrected chi connectivity index (χ2v) is 6.38. The normalized spacial score (nSPS) is 30.9. The first kappa shape index (κ1) is 14.1. The molecule has 0 aromatic carbocycles. The molecule has 0 heterocycles. The summed E-state index contributed by atoms with van der Waals surface area (Å²) in [5, 5.41) is 3.87. The van der Waals surface area contributed by atoms with Crippen LogP contribution >= 0.6 is 0 Å². The van der Waals surface area contributed by atoms with Crippen LogP contribution in [0.25, 0.3) is 0 Å². The van der Waals surface area contributed by atoms with Gasteiger partial charge >= 0.3 is 0 Å². The molecule has 0 radical (unpaired) electrons. The fourth-order valence-electron chi connectivity index (χ4n) is 3.85. The largest absolute Gasteiger partial charge is 0.310 e. The SMILES string of the molecule is CCCNC(C1=CCCCCC1)C1CCCC1C. The third kappa shape index (κ3) is 3.60. The average Bonchev–Trinajstić information content (AvgIpc) is 2.65. The van der Waals surface area contributed by atoms with Gasteiger partial charge in [0.2, 0.25) is 0 Å². The molecule has 1 heteroatoms. The molecule has 3 atom stereocenters. The van der Waals surface area contributed by atoms with E-state index in [9.17, 15) is 0 Å². The van der Waals surface area contributed by atoms with Gasteiger partial charge in [-0.05, 0) is 56.9 Å². The second-order valence-electron chi connectivity index (χ2n) is 6.38. The van der Waals surface area contributed by atoms with Crippen LogP contribution in [-0.2, 0) is 0 Å². The highest BCUT2D eigenvalue weighted by atomic mass is 14.9. The Hall–Kier alpha value is -0.300. The smallest absolute Gasteiger partial charge is 0.0310 e. The Balaban J connectivity index is 2.05. The van der Waals surface area contributed by atoms with Crippen LogP contribution in [0.1, 0.15) is 71.6 Å². The van der Waals surface area contributed by atoms with Crippen LogP contribution in [0.5, 0.6) is 0 Å². The van der Waals surface area contributed by atoms with E-state index in [1.54, 1.807) is 5.57 Å². The summed E-state index contributed by atoms with van der Waals surface area (Å²) >= 11 is 0. The first-order chi connectivity index (χ1) is 8.83. The van der Waals surface area contributed by atoms with Gasteiger partial charge in [0.1, 0.15) is 0 Å². The minimum absolute atomic E-state index is 0.695. The van der Waals surface area contributed by atoms with E-state index in [2.05, 4.69) is 25.2 Å². The summed E-state index contributed by atoms with van der Waals surface area (Å²) in [6.45, 7) is 5.93. The predicted molar refractivity (Wildman–Crippen MR) is 79.8 cm³/mol. The molecular weight excluding hydrogens is 218 g/mol. The van der Waals surface area contributed by atoms with Gasteiger partial charge in [-0.3, -0.25) is 0 Å². The van der Waals surface area contributed by atoms with Gasteiger partial charge < -0.3 is 5.32 Å². The quantitative estimate of drug-likeness (QED) is 0.698. The van der Waals surface area contributed by atoms with E-state index in [-0.39, 0.29) is 0 Å². The highest BCUT2D eigenvalue weighted by Crippen LogP contribution is 2.37. The van der Waals surface area contributed by atoms with Crippen LogP contribution in [0.4, 0.5) is 0 Å².